The van der Waals surface area contributed by atoms with Crippen LogP contribution in [0.4, 0.5) is 5.69 Å². The van der Waals surface area contributed by atoms with E-state index >= 15 is 0 Å². The van der Waals surface area contributed by atoms with Gasteiger partial charge < -0.3 is 14.6 Å². The molecule has 1 amide bonds. The number of hydrogen-bond donors (Lipinski definition) is 2. The van der Waals surface area contributed by atoms with Gasteiger partial charge >= 0.3 is 0 Å². The Morgan fingerprint density at radius 1 is 1.33 bits per heavy atom. The number of H-pyrrole nitrogens is 2. The minimum atomic E-state index is -0.186. The average Bonchev–Trinajstić information content (AvgIpc) is 3.47. The predicted molar refractivity (Wildman–Crippen MR) is 129 cm³/mol. The molecule has 1 aliphatic heterocycles. The lowest BCUT2D eigenvalue weighted by atomic mass is 9.85. The molecule has 0 radical (unpaired) electrons. The van der Waals surface area contributed by atoms with Gasteiger partial charge in [0.1, 0.15) is 5.69 Å². The lowest BCUT2D eigenvalue weighted by Crippen LogP contribution is -2.50. The van der Waals surface area contributed by atoms with Crippen LogP contribution in [-0.4, -0.2) is 70.4 Å². The number of anilines is 1. The molecule has 8 nitrogen and oxygen atoms in total. The number of carbonyl (C=O) groups is 1. The smallest absolute Gasteiger partial charge is 0.243 e. The van der Waals surface area contributed by atoms with E-state index in [0.717, 1.165) is 59.7 Å². The number of aromatic amines is 2. The molecule has 0 unspecified atom stereocenters. The molecule has 3 aromatic rings. The maximum Gasteiger partial charge on any atom is 0.243 e. The fourth-order valence-corrected chi connectivity index (χ4v) is 5.22. The van der Waals surface area contributed by atoms with E-state index in [1.165, 1.54) is 24.1 Å². The Morgan fingerprint density at radius 3 is 2.88 bits per heavy atom. The molecule has 1 saturated heterocycles. The van der Waals surface area contributed by atoms with Crippen LogP contribution >= 0.6 is 0 Å². The van der Waals surface area contributed by atoms with Crippen LogP contribution in [-0.2, 0) is 22.4 Å². The highest BCUT2D eigenvalue weighted by atomic mass is 16.5. The maximum absolute atomic E-state index is 13.2. The number of aromatic nitrogens is 4. The molecule has 2 aromatic heterocycles. The van der Waals surface area contributed by atoms with Gasteiger partial charge in [-0.1, -0.05) is 13.3 Å². The van der Waals surface area contributed by atoms with Crippen molar-refractivity contribution in [1.29, 1.82) is 0 Å². The topological polar surface area (TPSA) is 90.1 Å². The van der Waals surface area contributed by atoms with Gasteiger partial charge in [0.15, 0.2) is 5.82 Å². The highest BCUT2D eigenvalue weighted by Gasteiger charge is 2.28. The van der Waals surface area contributed by atoms with E-state index in [2.05, 4.69) is 27.0 Å². The number of benzene rings is 1. The van der Waals surface area contributed by atoms with Gasteiger partial charge in [-0.2, -0.15) is 5.10 Å². The third-order valence-electron chi connectivity index (χ3n) is 7.48. The summed E-state index contributed by atoms with van der Waals surface area (Å²) in [6, 6.07) is 3.88. The van der Waals surface area contributed by atoms with Crippen LogP contribution in [0.2, 0.25) is 0 Å². The Hall–Kier alpha value is -2.71. The summed E-state index contributed by atoms with van der Waals surface area (Å²) in [6.07, 6.45) is 4.51. The third kappa shape index (κ3) is 4.06. The minimum absolute atomic E-state index is 0.0855. The molecule has 5 rings (SSSR count). The van der Waals surface area contributed by atoms with E-state index in [1.54, 1.807) is 4.90 Å². The summed E-state index contributed by atoms with van der Waals surface area (Å²) < 4.78 is 5.43. The van der Waals surface area contributed by atoms with Gasteiger partial charge in [-0.05, 0) is 56.7 Å². The number of fused-ring (bicyclic) bond motifs is 2. The first kappa shape index (κ1) is 22.1. The van der Waals surface area contributed by atoms with Gasteiger partial charge in [0, 0.05) is 37.1 Å². The van der Waals surface area contributed by atoms with Crippen molar-refractivity contribution < 1.29 is 9.53 Å². The Labute approximate surface area is 194 Å². The van der Waals surface area contributed by atoms with Crippen molar-refractivity contribution in [1.82, 2.24) is 25.1 Å². The number of hydrogen-bond acceptors (Lipinski definition) is 5. The number of carbonyl (C=O) groups excluding carboxylic acids is 1. The van der Waals surface area contributed by atoms with Crippen LogP contribution in [0.1, 0.15) is 43.5 Å². The lowest BCUT2D eigenvalue weighted by Gasteiger charge is -2.33. The summed E-state index contributed by atoms with van der Waals surface area (Å²) in [7, 11) is 1.85. The second-order valence-electron chi connectivity index (χ2n) is 9.51. The Kier molecular flexibility index (Phi) is 5.97. The normalized spacial score (nSPS) is 20.1. The molecular weight excluding hydrogens is 416 g/mol. The standard InChI is InChI=1S/C25H34N6O2/c1-5-17-6-7-20-19(13-17)23(29-28-20)24-26-21-14-18(12-15(2)22(21)27-24)30(4)25(32)16(3)31-8-10-33-11-9-31/h12,14,16-17H,5-11,13H2,1-4H3,(H,26,27)(H,28,29)/t16-,17-/m0/s1. The summed E-state index contributed by atoms with van der Waals surface area (Å²) >= 11 is 0. The van der Waals surface area contributed by atoms with Crippen LogP contribution in [0.25, 0.3) is 22.6 Å². The van der Waals surface area contributed by atoms with Crippen molar-refractivity contribution in [3.8, 4) is 11.5 Å². The van der Waals surface area contributed by atoms with Crippen molar-refractivity contribution in [3.63, 3.8) is 0 Å². The molecule has 176 valence electrons. The zero-order valence-corrected chi connectivity index (χ0v) is 20.1. The molecular formula is C25H34N6O2. The van der Waals surface area contributed by atoms with Crippen LogP contribution in [0.15, 0.2) is 12.1 Å². The monoisotopic (exact) mass is 450 g/mol. The number of morpholine rings is 1. The number of imidazole rings is 1. The van der Waals surface area contributed by atoms with Crippen molar-refractivity contribution in [2.24, 2.45) is 5.92 Å². The first-order valence-corrected chi connectivity index (χ1v) is 12.1. The van der Waals surface area contributed by atoms with Crippen LogP contribution in [0.3, 0.4) is 0 Å². The van der Waals surface area contributed by atoms with E-state index in [0.29, 0.717) is 19.1 Å². The molecule has 1 aliphatic carbocycles. The van der Waals surface area contributed by atoms with E-state index in [1.807, 2.05) is 33.0 Å². The van der Waals surface area contributed by atoms with Crippen molar-refractivity contribution in [2.75, 3.05) is 38.3 Å². The average molecular weight is 451 g/mol. The molecule has 0 bridgehead atoms. The predicted octanol–water partition coefficient (Wildman–Crippen LogP) is 3.46. The largest absolute Gasteiger partial charge is 0.379 e. The molecule has 33 heavy (non-hydrogen) atoms. The van der Waals surface area contributed by atoms with Crippen molar-refractivity contribution in [3.05, 3.63) is 29.0 Å². The third-order valence-corrected chi connectivity index (χ3v) is 7.48. The van der Waals surface area contributed by atoms with Gasteiger partial charge in [-0.25, -0.2) is 4.98 Å². The number of nitrogens with one attached hydrogen (secondary N) is 2. The summed E-state index contributed by atoms with van der Waals surface area (Å²) in [5.74, 6) is 1.59. The Bertz CT molecular complexity index is 1160. The van der Waals surface area contributed by atoms with Crippen LogP contribution < -0.4 is 4.90 Å². The zero-order valence-electron chi connectivity index (χ0n) is 20.1. The van der Waals surface area contributed by atoms with Gasteiger partial charge in [0.2, 0.25) is 5.91 Å². The summed E-state index contributed by atoms with van der Waals surface area (Å²) in [6.45, 7) is 9.23. The maximum atomic E-state index is 13.2. The zero-order chi connectivity index (χ0) is 23.1. The first-order chi connectivity index (χ1) is 16.0. The molecule has 2 atom stereocenters. The van der Waals surface area contributed by atoms with E-state index in [-0.39, 0.29) is 11.9 Å². The Balaban J connectivity index is 1.43. The molecule has 0 saturated carbocycles. The number of rotatable bonds is 5. The van der Waals surface area contributed by atoms with Crippen LogP contribution in [0.5, 0.6) is 0 Å². The van der Waals surface area contributed by atoms with Crippen molar-refractivity contribution in [2.45, 2.75) is 52.5 Å². The van der Waals surface area contributed by atoms with Crippen LogP contribution in [0, 0.1) is 12.8 Å². The fraction of sp³-hybridized carbons (Fsp3) is 0.560. The highest BCUT2D eigenvalue weighted by molar-refractivity contribution is 5.98. The number of likely N-dealkylation sites (N-methyl/N-ethyl adjacent to an activating group) is 1. The molecule has 2 aliphatic rings. The summed E-state index contributed by atoms with van der Waals surface area (Å²) in [4.78, 5) is 25.5. The van der Waals surface area contributed by atoms with Crippen molar-refractivity contribution >= 4 is 22.6 Å². The summed E-state index contributed by atoms with van der Waals surface area (Å²) in [5, 5.41) is 7.86. The fourth-order valence-electron chi connectivity index (χ4n) is 5.22. The number of ether oxygens (including phenoxy) is 1. The SMILES string of the molecule is CC[C@H]1CCc2[nH]nc(-c3nc4c(C)cc(N(C)C(=O)[C@H](C)N5CCOCC5)cc4[nH]3)c2C1. The molecule has 0 spiro atoms. The molecule has 1 aromatic carbocycles. The molecule has 3 heterocycles. The lowest BCUT2D eigenvalue weighted by molar-refractivity contribution is -0.124. The van der Waals surface area contributed by atoms with Gasteiger partial charge in [0.05, 0.1) is 30.3 Å². The molecule has 1 fully saturated rings. The number of nitrogens with zero attached hydrogens (tertiary/aromatic N) is 4. The van der Waals surface area contributed by atoms with Gasteiger partial charge in [-0.15, -0.1) is 0 Å². The number of aryl methyl sites for hydroxylation is 2. The summed E-state index contributed by atoms with van der Waals surface area (Å²) in [5.41, 5.74) is 7.25. The quantitative estimate of drug-likeness (QED) is 0.621. The van der Waals surface area contributed by atoms with E-state index in [4.69, 9.17) is 9.72 Å². The Morgan fingerprint density at radius 2 is 2.12 bits per heavy atom. The van der Waals surface area contributed by atoms with Gasteiger partial charge in [-0.3, -0.25) is 14.8 Å². The molecule has 8 heteroatoms. The van der Waals surface area contributed by atoms with E-state index < -0.39 is 0 Å². The second kappa shape index (κ2) is 8.91. The van der Waals surface area contributed by atoms with Gasteiger partial charge in [0.25, 0.3) is 0 Å². The first-order valence-electron chi connectivity index (χ1n) is 12.1. The second-order valence-corrected chi connectivity index (χ2v) is 9.51. The highest BCUT2D eigenvalue weighted by Crippen LogP contribution is 2.34. The van der Waals surface area contributed by atoms with E-state index in [9.17, 15) is 4.79 Å². The minimum Gasteiger partial charge on any atom is -0.379 e. The number of amides is 1. The molecule has 2 N–H and O–H groups in total.